The third-order valence-corrected chi connectivity index (χ3v) is 5.32. The summed E-state index contributed by atoms with van der Waals surface area (Å²) < 4.78 is 0. The third-order valence-electron chi connectivity index (χ3n) is 5.32. The molecule has 1 aromatic carbocycles. The normalized spacial score (nSPS) is 23.3. The van der Waals surface area contributed by atoms with Gasteiger partial charge >= 0.3 is 6.03 Å². The van der Waals surface area contributed by atoms with Gasteiger partial charge in [-0.25, -0.2) is 4.79 Å². The monoisotopic (exact) mass is 331 g/mol. The minimum absolute atomic E-state index is 0.0543. The van der Waals surface area contributed by atoms with Crippen LogP contribution in [0.5, 0.6) is 0 Å². The summed E-state index contributed by atoms with van der Waals surface area (Å²) in [7, 11) is 0. The van der Waals surface area contributed by atoms with Crippen molar-refractivity contribution in [2.24, 2.45) is 0 Å². The van der Waals surface area contributed by atoms with Gasteiger partial charge in [0.15, 0.2) is 0 Å². The number of hydrogen-bond donors (Lipinski definition) is 3. The molecule has 0 radical (unpaired) electrons. The first kappa shape index (κ1) is 17.2. The van der Waals surface area contributed by atoms with Gasteiger partial charge in [-0.3, -0.25) is 4.90 Å². The zero-order valence-electron chi connectivity index (χ0n) is 14.3. The highest BCUT2D eigenvalue weighted by Crippen LogP contribution is 2.26. The number of carbonyl (C=O) groups excluding carboxylic acids is 1. The lowest BCUT2D eigenvalue weighted by molar-refractivity contribution is 0.220. The zero-order valence-corrected chi connectivity index (χ0v) is 14.3. The number of rotatable bonds is 6. The van der Waals surface area contributed by atoms with Crippen molar-refractivity contribution in [3.63, 3.8) is 0 Å². The van der Waals surface area contributed by atoms with E-state index in [0.29, 0.717) is 6.42 Å². The minimum atomic E-state index is -0.150. The summed E-state index contributed by atoms with van der Waals surface area (Å²) >= 11 is 0. The maximum absolute atomic E-state index is 12.4. The molecular formula is C19H29N3O2. The van der Waals surface area contributed by atoms with Crippen molar-refractivity contribution in [1.29, 1.82) is 0 Å². The third kappa shape index (κ3) is 4.48. The Bertz CT molecular complexity index is 517. The van der Waals surface area contributed by atoms with E-state index in [0.717, 1.165) is 31.1 Å². The summed E-state index contributed by atoms with van der Waals surface area (Å²) in [5.74, 6) is 0. The Kier molecular flexibility index (Phi) is 6.10. The number of aliphatic hydroxyl groups excluding tert-OH is 1. The Hall–Kier alpha value is -1.59. The average molecular weight is 331 g/mol. The molecule has 0 bridgehead atoms. The first-order valence-corrected chi connectivity index (χ1v) is 9.23. The minimum Gasteiger partial charge on any atom is -0.396 e. The molecule has 0 aromatic heterocycles. The quantitative estimate of drug-likeness (QED) is 0.750. The number of benzene rings is 1. The fraction of sp³-hybridized carbons (Fsp3) is 0.632. The van der Waals surface area contributed by atoms with Gasteiger partial charge in [0.25, 0.3) is 0 Å². The number of carbonyl (C=O) groups is 1. The second-order valence-corrected chi connectivity index (χ2v) is 7.01. The molecule has 5 heteroatoms. The van der Waals surface area contributed by atoms with Crippen LogP contribution >= 0.6 is 0 Å². The van der Waals surface area contributed by atoms with Crippen LogP contribution in [-0.2, 0) is 0 Å². The summed E-state index contributed by atoms with van der Waals surface area (Å²) in [6, 6.07) is 10.5. The van der Waals surface area contributed by atoms with Gasteiger partial charge in [-0.1, -0.05) is 43.2 Å². The summed E-state index contributed by atoms with van der Waals surface area (Å²) in [4.78, 5) is 14.9. The van der Waals surface area contributed by atoms with E-state index in [2.05, 4.69) is 15.5 Å². The van der Waals surface area contributed by atoms with Crippen LogP contribution in [0.2, 0.25) is 0 Å². The molecule has 1 aliphatic carbocycles. The fourth-order valence-electron chi connectivity index (χ4n) is 4.03. The largest absolute Gasteiger partial charge is 0.396 e. The van der Waals surface area contributed by atoms with Gasteiger partial charge in [0.05, 0.1) is 6.04 Å². The molecule has 2 aliphatic rings. The van der Waals surface area contributed by atoms with E-state index in [9.17, 15) is 9.90 Å². The van der Waals surface area contributed by atoms with Gasteiger partial charge in [0.1, 0.15) is 0 Å². The molecule has 3 N–H and O–H groups in total. The number of amides is 2. The maximum atomic E-state index is 12.4. The smallest absolute Gasteiger partial charge is 0.315 e. The first-order valence-electron chi connectivity index (χ1n) is 9.23. The summed E-state index contributed by atoms with van der Waals surface area (Å²) in [6.45, 7) is 2.11. The summed E-state index contributed by atoms with van der Waals surface area (Å²) in [5.41, 5.74) is 1.03. The number of nitrogens with zero attached hydrogens (tertiary/aromatic N) is 1. The molecule has 2 atom stereocenters. The molecule has 132 valence electrons. The maximum Gasteiger partial charge on any atom is 0.315 e. The van der Waals surface area contributed by atoms with Crippen LogP contribution in [-0.4, -0.2) is 47.8 Å². The number of likely N-dealkylation sites (tertiary alicyclic amines) is 1. The van der Waals surface area contributed by atoms with Crippen molar-refractivity contribution in [3.8, 4) is 0 Å². The van der Waals surface area contributed by atoms with Crippen molar-refractivity contribution in [1.82, 2.24) is 15.5 Å². The van der Waals surface area contributed by atoms with Gasteiger partial charge in [0.2, 0.25) is 0 Å². The van der Waals surface area contributed by atoms with Crippen LogP contribution < -0.4 is 10.6 Å². The Morgan fingerprint density at radius 3 is 2.67 bits per heavy atom. The lowest BCUT2D eigenvalue weighted by Gasteiger charge is -2.24. The molecule has 2 fully saturated rings. The van der Waals surface area contributed by atoms with Crippen LogP contribution in [0.3, 0.4) is 0 Å². The average Bonchev–Trinajstić information content (AvgIpc) is 3.26. The highest BCUT2D eigenvalue weighted by atomic mass is 16.3. The van der Waals surface area contributed by atoms with Gasteiger partial charge < -0.3 is 15.7 Å². The van der Waals surface area contributed by atoms with Gasteiger partial charge in [-0.15, -0.1) is 0 Å². The molecular weight excluding hydrogens is 302 g/mol. The SMILES string of the molecule is O=C(NC1CCN(C2CCCC2)C1)N[C@H](CCO)c1ccccc1. The topological polar surface area (TPSA) is 64.6 Å². The van der Waals surface area contributed by atoms with E-state index >= 15 is 0 Å². The predicted octanol–water partition coefficient (Wildman–Crippen LogP) is 2.43. The van der Waals surface area contributed by atoms with Gasteiger partial charge in [-0.2, -0.15) is 0 Å². The van der Waals surface area contributed by atoms with E-state index < -0.39 is 0 Å². The van der Waals surface area contributed by atoms with Crippen LogP contribution in [0.1, 0.15) is 50.1 Å². The van der Waals surface area contributed by atoms with Crippen molar-refractivity contribution in [2.75, 3.05) is 19.7 Å². The van der Waals surface area contributed by atoms with Crippen molar-refractivity contribution >= 4 is 6.03 Å². The molecule has 2 amide bonds. The number of hydrogen-bond acceptors (Lipinski definition) is 3. The van der Waals surface area contributed by atoms with Crippen LogP contribution in [0.4, 0.5) is 4.79 Å². The Labute approximate surface area is 144 Å². The highest BCUT2D eigenvalue weighted by Gasteiger charge is 2.30. The predicted molar refractivity (Wildman–Crippen MR) is 94.8 cm³/mol. The second kappa shape index (κ2) is 8.49. The van der Waals surface area contributed by atoms with E-state index in [1.54, 1.807) is 0 Å². The van der Waals surface area contributed by atoms with Crippen LogP contribution in [0, 0.1) is 0 Å². The molecule has 3 rings (SSSR count). The van der Waals surface area contributed by atoms with E-state index in [1.807, 2.05) is 30.3 Å². The Morgan fingerprint density at radius 2 is 1.96 bits per heavy atom. The van der Waals surface area contributed by atoms with E-state index in [4.69, 9.17) is 0 Å². The van der Waals surface area contributed by atoms with Crippen molar-refractivity contribution < 1.29 is 9.90 Å². The molecule has 1 aliphatic heterocycles. The molecule has 24 heavy (non-hydrogen) atoms. The zero-order chi connectivity index (χ0) is 16.8. The van der Waals surface area contributed by atoms with E-state index in [-0.39, 0.29) is 24.7 Å². The van der Waals surface area contributed by atoms with Gasteiger partial charge in [0, 0.05) is 31.8 Å². The molecule has 0 spiro atoms. The fourth-order valence-corrected chi connectivity index (χ4v) is 4.03. The second-order valence-electron chi connectivity index (χ2n) is 7.01. The summed E-state index contributed by atoms with van der Waals surface area (Å²) in [5, 5.41) is 15.4. The van der Waals surface area contributed by atoms with Crippen molar-refractivity contribution in [2.45, 2.75) is 56.7 Å². The molecule has 1 heterocycles. The first-order chi connectivity index (χ1) is 11.8. The summed E-state index contributed by atoms with van der Waals surface area (Å²) in [6.07, 6.45) is 6.87. The Morgan fingerprint density at radius 1 is 1.21 bits per heavy atom. The van der Waals surface area contributed by atoms with Crippen LogP contribution in [0.15, 0.2) is 30.3 Å². The molecule has 1 aromatic rings. The molecule has 1 saturated carbocycles. The highest BCUT2D eigenvalue weighted by molar-refractivity contribution is 5.74. The van der Waals surface area contributed by atoms with Crippen molar-refractivity contribution in [3.05, 3.63) is 35.9 Å². The number of urea groups is 1. The van der Waals surface area contributed by atoms with E-state index in [1.165, 1.54) is 25.7 Å². The molecule has 1 saturated heterocycles. The number of aliphatic hydroxyl groups is 1. The molecule has 1 unspecified atom stereocenters. The Balaban J connectivity index is 1.49. The lowest BCUT2D eigenvalue weighted by atomic mass is 10.0. The van der Waals surface area contributed by atoms with Gasteiger partial charge in [-0.05, 0) is 31.2 Å². The standard InChI is InChI=1S/C19H29N3O2/c23-13-11-18(15-6-2-1-3-7-15)21-19(24)20-16-10-12-22(14-16)17-8-4-5-9-17/h1-3,6-7,16-18,23H,4-5,8-14H2,(H2,20,21,24)/t16?,18-/m1/s1. The number of nitrogens with one attached hydrogen (secondary N) is 2. The lowest BCUT2D eigenvalue weighted by Crippen LogP contribution is -2.45. The molecule has 5 nitrogen and oxygen atoms in total. The van der Waals surface area contributed by atoms with Crippen LogP contribution in [0.25, 0.3) is 0 Å².